The van der Waals surface area contributed by atoms with Crippen molar-refractivity contribution >= 4 is 86.0 Å². The Hall–Kier alpha value is -9.63. The van der Waals surface area contributed by atoms with Crippen LogP contribution in [0.4, 0.5) is 0 Å². The number of hydrogen-bond donors (Lipinski definition) is 0. The molecule has 0 bridgehead atoms. The third kappa shape index (κ3) is 6.47. The van der Waals surface area contributed by atoms with E-state index in [1.807, 2.05) is 90.2 Å². The van der Waals surface area contributed by atoms with Gasteiger partial charge in [0.05, 0.1) is 33.3 Å². The van der Waals surface area contributed by atoms with Gasteiger partial charge in [-0.2, -0.15) is 0 Å². The largest absolute Gasteiger partial charge is 0.307 e. The van der Waals surface area contributed by atoms with Gasteiger partial charge in [0, 0.05) is 86.3 Å². The van der Waals surface area contributed by atoms with E-state index in [-0.39, 0.29) is 0 Å². The first-order valence-electron chi connectivity index (χ1n) is 24.4. The first-order chi connectivity index (χ1) is 36.2. The maximum absolute atomic E-state index is 5.46. The Morgan fingerprint density at radius 1 is 0.315 bits per heavy atom. The molecular formula is C65H39N7S. The van der Waals surface area contributed by atoms with Crippen LogP contribution in [-0.2, 0) is 0 Å². The zero-order chi connectivity index (χ0) is 48.0. The quantitative estimate of drug-likeness (QED) is 0.159. The van der Waals surface area contributed by atoms with Crippen LogP contribution in [0.25, 0.3) is 143 Å². The first kappa shape index (κ1) is 41.2. The predicted octanol–water partition coefficient (Wildman–Crippen LogP) is 16.7. The summed E-state index contributed by atoms with van der Waals surface area (Å²) in [5, 5.41) is 8.35. The first-order valence-corrected chi connectivity index (χ1v) is 25.2. The van der Waals surface area contributed by atoms with E-state index < -0.39 is 0 Å². The summed E-state index contributed by atoms with van der Waals surface area (Å²) in [5.74, 6) is 2.23. The minimum absolute atomic E-state index is 0.513. The summed E-state index contributed by atoms with van der Waals surface area (Å²) in [6.45, 7) is 0. The average Bonchev–Trinajstić information content (AvgIpc) is 4.14. The standard InChI is InChI=1S/C65H39N7S/c1-5-21-40(22-6-1)58-46-29-13-17-33-51(46)66-64(67-58)45-38-37-44(39-50(45)65-69-62(41-23-7-2-8-24-41)68-63(70-65)42-25-9-3-10-26-42)72-53-35-19-15-31-48(53)57-60(72)59-55(56-49-32-16-20-36-54(49)73-61(56)57)47-30-14-18-34-52(47)71(59)43-27-11-4-12-28-43/h1-39H. The maximum atomic E-state index is 5.46. The van der Waals surface area contributed by atoms with Crippen LogP contribution in [0.5, 0.6) is 0 Å². The van der Waals surface area contributed by atoms with Gasteiger partial charge in [0.1, 0.15) is 0 Å². The van der Waals surface area contributed by atoms with Crippen LogP contribution in [0.15, 0.2) is 237 Å². The molecule has 5 aromatic heterocycles. The van der Waals surface area contributed by atoms with E-state index in [2.05, 4.69) is 167 Å². The van der Waals surface area contributed by atoms with Gasteiger partial charge in [-0.15, -0.1) is 11.3 Å². The molecule has 340 valence electrons. The summed E-state index contributed by atoms with van der Waals surface area (Å²) < 4.78 is 7.47. The molecule has 0 aliphatic rings. The number of aromatic nitrogens is 7. The smallest absolute Gasteiger partial charge is 0.164 e. The number of para-hydroxylation sites is 4. The van der Waals surface area contributed by atoms with Gasteiger partial charge in [-0.3, -0.25) is 0 Å². The Labute approximate surface area is 422 Å². The molecule has 0 saturated carbocycles. The van der Waals surface area contributed by atoms with Crippen molar-refractivity contribution in [3.63, 3.8) is 0 Å². The summed E-state index contributed by atoms with van der Waals surface area (Å²) in [4.78, 5) is 26.7. The van der Waals surface area contributed by atoms with Crippen LogP contribution in [0.2, 0.25) is 0 Å². The van der Waals surface area contributed by atoms with Crippen molar-refractivity contribution in [3.8, 4) is 68.2 Å². The van der Waals surface area contributed by atoms with E-state index in [0.717, 1.165) is 77.9 Å². The predicted molar refractivity (Wildman–Crippen MR) is 302 cm³/mol. The summed E-state index contributed by atoms with van der Waals surface area (Å²) in [6, 6.07) is 82.9. The molecule has 0 radical (unpaired) electrons. The lowest BCUT2D eigenvalue weighted by Gasteiger charge is -2.17. The molecule has 7 nitrogen and oxygen atoms in total. The summed E-state index contributed by atoms with van der Waals surface area (Å²) in [6.07, 6.45) is 0. The fraction of sp³-hybridized carbons (Fsp3) is 0. The van der Waals surface area contributed by atoms with Crippen LogP contribution < -0.4 is 0 Å². The molecule has 5 heterocycles. The normalized spacial score (nSPS) is 11.8. The molecule has 8 heteroatoms. The molecule has 10 aromatic carbocycles. The van der Waals surface area contributed by atoms with E-state index in [1.54, 1.807) is 0 Å². The van der Waals surface area contributed by atoms with E-state index in [4.69, 9.17) is 24.9 Å². The highest BCUT2D eigenvalue weighted by atomic mass is 32.1. The zero-order valence-electron chi connectivity index (χ0n) is 39.1. The van der Waals surface area contributed by atoms with Crippen molar-refractivity contribution in [2.75, 3.05) is 0 Å². The van der Waals surface area contributed by atoms with Gasteiger partial charge in [-0.05, 0) is 54.6 Å². The highest BCUT2D eigenvalue weighted by Crippen LogP contribution is 2.51. The number of rotatable bonds is 7. The minimum atomic E-state index is 0.513. The third-order valence-electron chi connectivity index (χ3n) is 14.2. The monoisotopic (exact) mass is 949 g/mol. The lowest BCUT2D eigenvalue weighted by atomic mass is 10.0. The molecule has 0 unspecified atom stereocenters. The van der Waals surface area contributed by atoms with Gasteiger partial charge in [0.25, 0.3) is 0 Å². The zero-order valence-corrected chi connectivity index (χ0v) is 39.9. The molecule has 0 atom stereocenters. The Balaban J connectivity index is 1.11. The van der Waals surface area contributed by atoms with Crippen molar-refractivity contribution in [3.05, 3.63) is 237 Å². The number of nitrogens with zero attached hydrogens (tertiary/aromatic N) is 7. The average molecular weight is 950 g/mol. The molecule has 0 saturated heterocycles. The molecule has 0 spiro atoms. The lowest BCUT2D eigenvalue weighted by Crippen LogP contribution is -2.04. The van der Waals surface area contributed by atoms with Crippen LogP contribution in [0.3, 0.4) is 0 Å². The second-order valence-corrected chi connectivity index (χ2v) is 19.4. The fourth-order valence-corrected chi connectivity index (χ4v) is 12.3. The molecule has 73 heavy (non-hydrogen) atoms. The molecule has 0 aliphatic heterocycles. The van der Waals surface area contributed by atoms with Crippen molar-refractivity contribution < 1.29 is 0 Å². The van der Waals surface area contributed by atoms with Crippen molar-refractivity contribution in [2.45, 2.75) is 0 Å². The number of thiophene rings is 1. The van der Waals surface area contributed by atoms with Crippen LogP contribution in [0.1, 0.15) is 0 Å². The maximum Gasteiger partial charge on any atom is 0.164 e. The number of hydrogen-bond acceptors (Lipinski definition) is 6. The van der Waals surface area contributed by atoms with Crippen molar-refractivity contribution in [2.24, 2.45) is 0 Å². The topological polar surface area (TPSA) is 74.3 Å². The lowest BCUT2D eigenvalue weighted by molar-refractivity contribution is 1.07. The Morgan fingerprint density at radius 3 is 1.48 bits per heavy atom. The molecular weight excluding hydrogens is 911 g/mol. The van der Waals surface area contributed by atoms with E-state index in [1.165, 1.54) is 41.7 Å². The molecule has 0 amide bonds. The number of benzene rings is 10. The SMILES string of the molecule is c1ccc(-c2nc(-c3ccccc3)nc(-c3cc(-n4c5ccccc5c5c6sc7ccccc7c6c6c7ccccc7n(-c7ccccc7)c6c54)ccc3-c3nc(-c4ccccc4)c4ccccc4n3)n2)cc1. The highest BCUT2D eigenvalue weighted by Gasteiger charge is 2.28. The van der Waals surface area contributed by atoms with Crippen LogP contribution in [0, 0.1) is 0 Å². The molecule has 0 aliphatic carbocycles. The van der Waals surface area contributed by atoms with E-state index in [0.29, 0.717) is 23.3 Å². The highest BCUT2D eigenvalue weighted by molar-refractivity contribution is 7.27. The van der Waals surface area contributed by atoms with Crippen molar-refractivity contribution in [1.82, 2.24) is 34.1 Å². The Morgan fingerprint density at radius 2 is 0.808 bits per heavy atom. The van der Waals surface area contributed by atoms with Gasteiger partial charge in [-0.1, -0.05) is 182 Å². The van der Waals surface area contributed by atoms with Crippen LogP contribution >= 0.6 is 11.3 Å². The van der Waals surface area contributed by atoms with Gasteiger partial charge in [0.2, 0.25) is 0 Å². The Bertz CT molecular complexity index is 4600. The minimum Gasteiger partial charge on any atom is -0.307 e. The molecule has 0 N–H and O–H groups in total. The number of fused-ring (bicyclic) bond motifs is 13. The van der Waals surface area contributed by atoms with E-state index >= 15 is 0 Å². The third-order valence-corrected chi connectivity index (χ3v) is 15.3. The summed E-state index contributed by atoms with van der Waals surface area (Å²) in [7, 11) is 0. The fourth-order valence-electron chi connectivity index (χ4n) is 11.0. The van der Waals surface area contributed by atoms with Crippen molar-refractivity contribution in [1.29, 1.82) is 0 Å². The molecule has 15 rings (SSSR count). The van der Waals surface area contributed by atoms with Gasteiger partial charge >= 0.3 is 0 Å². The summed E-state index contributed by atoms with van der Waals surface area (Å²) in [5.41, 5.74) is 12.6. The van der Waals surface area contributed by atoms with E-state index in [9.17, 15) is 0 Å². The molecule has 0 fully saturated rings. The second kappa shape index (κ2) is 16.5. The van der Waals surface area contributed by atoms with Gasteiger partial charge in [-0.25, -0.2) is 24.9 Å². The van der Waals surface area contributed by atoms with Crippen LogP contribution in [-0.4, -0.2) is 34.1 Å². The van der Waals surface area contributed by atoms with Gasteiger partial charge < -0.3 is 9.13 Å². The second-order valence-electron chi connectivity index (χ2n) is 18.3. The van der Waals surface area contributed by atoms with Gasteiger partial charge in [0.15, 0.2) is 23.3 Å². The summed E-state index contributed by atoms with van der Waals surface area (Å²) >= 11 is 1.88. The Kier molecular flexibility index (Phi) is 9.30. The molecule has 15 aromatic rings.